The minimum Gasteiger partial charge on any atom is -0.407 e. The molecule has 2 amide bonds. The first-order chi connectivity index (χ1) is 14.0. The van der Waals surface area contributed by atoms with Crippen LogP contribution in [0.25, 0.3) is 0 Å². The quantitative estimate of drug-likeness (QED) is 0.643. The maximum Gasteiger partial charge on any atom is 0.322 e. The second-order valence-corrected chi connectivity index (χ2v) is 7.39. The molecular formula is C20H17FN4O3S. The zero-order valence-electron chi connectivity index (χ0n) is 15.5. The van der Waals surface area contributed by atoms with Crippen molar-refractivity contribution >= 4 is 35.3 Å². The number of aromatic nitrogens is 2. The van der Waals surface area contributed by atoms with Crippen molar-refractivity contribution in [3.05, 3.63) is 65.8 Å². The third-order valence-corrected chi connectivity index (χ3v) is 5.35. The van der Waals surface area contributed by atoms with Gasteiger partial charge in [0, 0.05) is 29.1 Å². The van der Waals surface area contributed by atoms with Crippen LogP contribution in [-0.4, -0.2) is 34.8 Å². The van der Waals surface area contributed by atoms with E-state index in [4.69, 9.17) is 4.42 Å². The van der Waals surface area contributed by atoms with Gasteiger partial charge >= 0.3 is 6.01 Å². The van der Waals surface area contributed by atoms with Gasteiger partial charge in [0.1, 0.15) is 5.82 Å². The molecule has 7 nitrogen and oxygen atoms in total. The average Bonchev–Trinajstić information content (AvgIpc) is 3.34. The molecule has 0 spiro atoms. The van der Waals surface area contributed by atoms with Crippen LogP contribution >= 0.6 is 11.8 Å². The Balaban J connectivity index is 1.44. The number of nitrogens with zero attached hydrogens (tertiary/aromatic N) is 3. The highest BCUT2D eigenvalue weighted by atomic mass is 32.2. The number of nitrogens with one attached hydrogen (secondary N) is 1. The number of hydrogen-bond acceptors (Lipinski definition) is 6. The summed E-state index contributed by atoms with van der Waals surface area (Å²) in [7, 11) is 0. The number of carbonyl (C=O) groups is 2. The number of anilines is 2. The lowest BCUT2D eigenvalue weighted by Gasteiger charge is -2.16. The standard InChI is InChI=1S/C20H17FN4O3S/c1-29-16-7-5-15(6-8-16)25-11-13(10-17(25)26)19-23-24-20(28-19)22-18(27)12-3-2-4-14(21)9-12/h2-9,13H,10-11H2,1H3,(H,22,24,27)/t13-/m0/s1. The van der Waals surface area contributed by atoms with E-state index in [9.17, 15) is 14.0 Å². The van der Waals surface area contributed by atoms with Crippen molar-refractivity contribution in [1.29, 1.82) is 0 Å². The van der Waals surface area contributed by atoms with Gasteiger partial charge in [-0.05, 0) is 48.7 Å². The van der Waals surface area contributed by atoms with Crippen molar-refractivity contribution in [2.24, 2.45) is 0 Å². The third kappa shape index (κ3) is 4.14. The first kappa shape index (κ1) is 19.1. The predicted molar refractivity (Wildman–Crippen MR) is 107 cm³/mol. The Labute approximate surface area is 170 Å². The normalized spacial score (nSPS) is 16.3. The fraction of sp³-hybridized carbons (Fsp3) is 0.200. The second-order valence-electron chi connectivity index (χ2n) is 6.51. The van der Waals surface area contributed by atoms with Gasteiger partial charge in [-0.15, -0.1) is 16.9 Å². The summed E-state index contributed by atoms with van der Waals surface area (Å²) in [6, 6.07) is 12.9. The van der Waals surface area contributed by atoms with Crippen LogP contribution < -0.4 is 10.2 Å². The maximum absolute atomic E-state index is 13.3. The summed E-state index contributed by atoms with van der Waals surface area (Å²) in [5.74, 6) is -1.10. The van der Waals surface area contributed by atoms with Gasteiger partial charge in [-0.3, -0.25) is 14.9 Å². The number of benzene rings is 2. The molecule has 2 aromatic carbocycles. The van der Waals surface area contributed by atoms with Gasteiger partial charge in [0.15, 0.2) is 0 Å². The molecule has 1 fully saturated rings. The fourth-order valence-corrected chi connectivity index (χ4v) is 3.54. The summed E-state index contributed by atoms with van der Waals surface area (Å²) in [5.41, 5.74) is 0.954. The van der Waals surface area contributed by atoms with Crippen molar-refractivity contribution in [1.82, 2.24) is 10.2 Å². The number of amides is 2. The Morgan fingerprint density at radius 3 is 2.76 bits per heavy atom. The Bertz CT molecular complexity index is 1050. The molecule has 4 rings (SSSR count). The van der Waals surface area contributed by atoms with E-state index < -0.39 is 11.7 Å². The molecule has 1 atom stereocenters. The van der Waals surface area contributed by atoms with Crippen LogP contribution in [0, 0.1) is 5.82 Å². The first-order valence-corrected chi connectivity index (χ1v) is 10.1. The van der Waals surface area contributed by atoms with Crippen LogP contribution in [0.15, 0.2) is 57.8 Å². The molecule has 1 aliphatic heterocycles. The van der Waals surface area contributed by atoms with Gasteiger partial charge in [0.05, 0.1) is 5.92 Å². The van der Waals surface area contributed by atoms with Crippen LogP contribution in [0.2, 0.25) is 0 Å². The van der Waals surface area contributed by atoms with E-state index in [1.54, 1.807) is 16.7 Å². The molecule has 1 aliphatic rings. The molecule has 1 N–H and O–H groups in total. The molecule has 0 radical (unpaired) electrons. The molecular weight excluding hydrogens is 395 g/mol. The van der Waals surface area contributed by atoms with Crippen LogP contribution in [-0.2, 0) is 4.79 Å². The summed E-state index contributed by atoms with van der Waals surface area (Å²) >= 11 is 1.63. The summed E-state index contributed by atoms with van der Waals surface area (Å²) in [6.07, 6.45) is 2.23. The largest absolute Gasteiger partial charge is 0.407 e. The zero-order valence-corrected chi connectivity index (χ0v) is 16.3. The van der Waals surface area contributed by atoms with Gasteiger partial charge in [-0.2, -0.15) is 0 Å². The van der Waals surface area contributed by atoms with Crippen molar-refractivity contribution < 1.29 is 18.4 Å². The summed E-state index contributed by atoms with van der Waals surface area (Å²) in [6.45, 7) is 0.414. The van der Waals surface area contributed by atoms with Gasteiger partial charge in [-0.1, -0.05) is 11.2 Å². The Morgan fingerprint density at radius 2 is 2.03 bits per heavy atom. The molecule has 2 heterocycles. The highest BCUT2D eigenvalue weighted by molar-refractivity contribution is 7.98. The Morgan fingerprint density at radius 1 is 1.24 bits per heavy atom. The number of carbonyl (C=O) groups excluding carboxylic acids is 2. The summed E-state index contributed by atoms with van der Waals surface area (Å²) < 4.78 is 18.8. The summed E-state index contributed by atoms with van der Waals surface area (Å²) in [5, 5.41) is 10.2. The minimum absolute atomic E-state index is 0.0320. The highest BCUT2D eigenvalue weighted by Crippen LogP contribution is 2.32. The molecule has 3 aromatic rings. The van der Waals surface area contributed by atoms with Crippen LogP contribution in [0.1, 0.15) is 28.6 Å². The van der Waals surface area contributed by atoms with Crippen molar-refractivity contribution in [2.75, 3.05) is 23.0 Å². The lowest BCUT2D eigenvalue weighted by Crippen LogP contribution is -2.24. The first-order valence-electron chi connectivity index (χ1n) is 8.88. The number of thioether (sulfide) groups is 1. The van der Waals surface area contributed by atoms with Gasteiger partial charge in [0.25, 0.3) is 5.91 Å². The fourth-order valence-electron chi connectivity index (χ4n) is 3.13. The maximum atomic E-state index is 13.3. The van der Waals surface area contributed by atoms with Gasteiger partial charge < -0.3 is 9.32 Å². The van der Waals surface area contributed by atoms with Crippen LogP contribution in [0.3, 0.4) is 0 Å². The minimum atomic E-state index is -0.558. The third-order valence-electron chi connectivity index (χ3n) is 4.61. The van der Waals surface area contributed by atoms with E-state index in [1.807, 2.05) is 30.5 Å². The van der Waals surface area contributed by atoms with E-state index in [2.05, 4.69) is 15.5 Å². The molecule has 0 aliphatic carbocycles. The average molecular weight is 412 g/mol. The van der Waals surface area contributed by atoms with Crippen LogP contribution in [0.5, 0.6) is 0 Å². The van der Waals surface area contributed by atoms with Crippen LogP contribution in [0.4, 0.5) is 16.1 Å². The molecule has 29 heavy (non-hydrogen) atoms. The van der Waals surface area contributed by atoms with Crippen molar-refractivity contribution in [3.8, 4) is 0 Å². The van der Waals surface area contributed by atoms with Gasteiger partial charge in [0.2, 0.25) is 11.8 Å². The Kier molecular flexibility index (Phi) is 5.30. The molecule has 0 saturated carbocycles. The van der Waals surface area contributed by atoms with E-state index >= 15 is 0 Å². The SMILES string of the molecule is CSc1ccc(N2C[C@@H](c3nnc(NC(=O)c4cccc(F)c4)o3)CC2=O)cc1. The lowest BCUT2D eigenvalue weighted by molar-refractivity contribution is -0.117. The highest BCUT2D eigenvalue weighted by Gasteiger charge is 2.35. The molecule has 1 aromatic heterocycles. The topological polar surface area (TPSA) is 88.3 Å². The summed E-state index contributed by atoms with van der Waals surface area (Å²) in [4.78, 5) is 27.4. The molecule has 0 bridgehead atoms. The molecule has 9 heteroatoms. The van der Waals surface area contributed by atoms with E-state index in [1.165, 1.54) is 18.2 Å². The predicted octanol–water partition coefficient (Wildman–Crippen LogP) is 3.70. The van der Waals surface area contributed by atoms with E-state index in [0.29, 0.717) is 6.54 Å². The van der Waals surface area contributed by atoms with E-state index in [-0.39, 0.29) is 35.7 Å². The Hall–Kier alpha value is -3.20. The number of hydrogen-bond donors (Lipinski definition) is 1. The molecule has 1 saturated heterocycles. The van der Waals surface area contributed by atoms with Gasteiger partial charge in [-0.25, -0.2) is 4.39 Å². The zero-order chi connectivity index (χ0) is 20.4. The number of halogens is 1. The van der Waals surface area contributed by atoms with Crippen molar-refractivity contribution in [2.45, 2.75) is 17.2 Å². The number of rotatable bonds is 5. The van der Waals surface area contributed by atoms with E-state index in [0.717, 1.165) is 16.6 Å². The smallest absolute Gasteiger partial charge is 0.322 e. The monoisotopic (exact) mass is 412 g/mol. The second kappa shape index (κ2) is 8.04. The molecule has 148 valence electrons. The van der Waals surface area contributed by atoms with Crippen molar-refractivity contribution in [3.63, 3.8) is 0 Å². The lowest BCUT2D eigenvalue weighted by atomic mass is 10.1. The molecule has 0 unspecified atom stereocenters.